The summed E-state index contributed by atoms with van der Waals surface area (Å²) in [7, 11) is -1.47. The summed E-state index contributed by atoms with van der Waals surface area (Å²) in [4.78, 5) is 82.2. The Balaban J connectivity index is 0.000000112. The van der Waals surface area contributed by atoms with Crippen LogP contribution in [0.2, 0.25) is 19.6 Å². The molecule has 10 aromatic carbocycles. The topological polar surface area (TPSA) is 272 Å². The van der Waals surface area contributed by atoms with Gasteiger partial charge in [-0.2, -0.15) is 0 Å². The van der Waals surface area contributed by atoms with Crippen LogP contribution in [0, 0.1) is 23.8 Å². The van der Waals surface area contributed by atoms with Crippen molar-refractivity contribution in [2.75, 3.05) is 6.61 Å². The van der Waals surface area contributed by atoms with E-state index in [-0.39, 0.29) is 0 Å². The third-order valence-electron chi connectivity index (χ3n) is 22.3. The second-order valence-corrected chi connectivity index (χ2v) is 39.3. The number of carbonyl (C=O) groups is 2. The minimum atomic E-state index is -1.47. The fraction of sp³-hybridized carbons (Fsp3) is 0.112. The van der Waals surface area contributed by atoms with Crippen molar-refractivity contribution in [3.63, 3.8) is 0 Å². The number of ether oxygens (including phenoxy) is 1. The van der Waals surface area contributed by atoms with Crippen LogP contribution >= 0.6 is 47.8 Å². The van der Waals surface area contributed by atoms with Crippen LogP contribution in [0.5, 0.6) is 0 Å². The van der Waals surface area contributed by atoms with E-state index in [1.807, 2.05) is 210 Å². The van der Waals surface area contributed by atoms with Crippen LogP contribution in [-0.2, 0) is 37.5 Å². The average molecular weight is 1980 g/mol. The molecule has 0 unspecified atom stereocenters. The van der Waals surface area contributed by atoms with Crippen molar-refractivity contribution in [2.45, 2.75) is 73.1 Å². The largest absolute Gasteiger partial charge is 0.461 e. The standard InChI is InChI=1S/C25H22N4OSi.C22H14N4O.C20H13BrN4O.C20H16BrN3O2.C18H12BrN3O.C2H6/c1-31(2,3)12-11-18-9-10-21-20(13-18)24(19-7-5-4-6-8-19)27-14-22-25(28-16-29(21)22)23-15-26-17-30-23;1-2-15-8-9-18-17(10-15)21(16-6-4-3-5-7-16)24-11-19-22(25-13-26(18)19)20-12-23-14-27-20;21-14-6-7-16-15(8-14)19(13-4-2-1-3-5-13)23-9-17-20(24-11-25(16)17)18-10-22-12-26-18;1-2-26-20(25)19-17-11-22-18(13-6-4-3-5-7-13)15-10-14(21)8-9-16(15)24(17)12-23-19;19-13-6-7-16-14(8-13)18(12-4-2-1-3-5-12)20-9-17-15(10-23)21-11-22(16)17;1-2/h4-10,13,15-17H,14H2,1-3H3;1,3-10,12-14H,11H2;1-8,10-12H,9H2;3-10,12H,2,11H2,1H3;1-8,10-11H,9H2;1-2H3. The Hall–Kier alpha value is -15.9. The second-order valence-electron chi connectivity index (χ2n) is 31.8. The molecule has 0 spiro atoms. The fourth-order valence-electron chi connectivity index (χ4n) is 16.2. The summed E-state index contributed by atoms with van der Waals surface area (Å²) in [5.74, 6) is 7.61. The van der Waals surface area contributed by atoms with E-state index in [1.54, 1.807) is 44.5 Å². The fourth-order valence-corrected chi connectivity index (χ4v) is 17.8. The molecule has 5 aliphatic rings. The van der Waals surface area contributed by atoms with Crippen LogP contribution in [0.3, 0.4) is 0 Å². The van der Waals surface area contributed by atoms with Crippen molar-refractivity contribution >= 4 is 96.7 Å². The molecule has 13 heterocycles. The van der Waals surface area contributed by atoms with Gasteiger partial charge in [-0.25, -0.2) is 44.7 Å². The van der Waals surface area contributed by atoms with Crippen LogP contribution < -0.4 is 0 Å². The highest BCUT2D eigenvalue weighted by molar-refractivity contribution is 9.11. The summed E-state index contributed by atoms with van der Waals surface area (Å²) >= 11 is 10.7. The quantitative estimate of drug-likeness (QED) is 0.0504. The molecular weight excluding hydrogens is 1900 g/mol. The lowest BCUT2D eigenvalue weighted by atomic mass is 9.98. The Kier molecular flexibility index (Phi) is 26.9. The van der Waals surface area contributed by atoms with Crippen molar-refractivity contribution < 1.29 is 27.6 Å². The number of aromatic nitrogens is 13. The number of nitrogens with zero attached hydrogens (tertiary/aromatic N) is 18. The number of oxazole rings is 3. The summed E-state index contributed by atoms with van der Waals surface area (Å²) in [5.41, 5.74) is 32.8. The smallest absolute Gasteiger partial charge is 0.358 e. The van der Waals surface area contributed by atoms with Gasteiger partial charge < -0.3 is 18.0 Å². The maximum Gasteiger partial charge on any atom is 0.358 e. The van der Waals surface area contributed by atoms with Gasteiger partial charge in [0.1, 0.15) is 62.5 Å². The van der Waals surface area contributed by atoms with Crippen LogP contribution in [0.15, 0.2) is 364 Å². The van der Waals surface area contributed by atoms with Crippen LogP contribution in [0.4, 0.5) is 0 Å². The summed E-state index contributed by atoms with van der Waals surface area (Å²) < 4.78 is 34.6. The molecule has 24 nitrogen and oxygen atoms in total. The van der Waals surface area contributed by atoms with Crippen LogP contribution in [-0.4, -0.2) is 118 Å². The van der Waals surface area contributed by atoms with Gasteiger partial charge in [-0.15, -0.1) is 12.0 Å². The Labute approximate surface area is 804 Å². The predicted molar refractivity (Wildman–Crippen MR) is 537 cm³/mol. The third kappa shape index (κ3) is 19.1. The zero-order chi connectivity index (χ0) is 93.1. The summed E-state index contributed by atoms with van der Waals surface area (Å²) in [6.07, 6.45) is 24.5. The van der Waals surface area contributed by atoms with Gasteiger partial charge in [0.15, 0.2) is 48.4 Å². The number of carbonyl (C=O) groups excluding carboxylic acids is 2. The molecule has 0 N–H and O–H groups in total. The first-order valence-electron chi connectivity index (χ1n) is 43.4. The number of terminal acetylenes is 1. The molecule has 28 heteroatoms. The molecule has 5 aliphatic heterocycles. The Morgan fingerprint density at radius 1 is 0.400 bits per heavy atom. The van der Waals surface area contributed by atoms with E-state index in [2.05, 4.69) is 207 Å². The maximum atomic E-state index is 12.3. The van der Waals surface area contributed by atoms with Gasteiger partial charge in [-0.05, 0) is 97.9 Å². The lowest BCUT2D eigenvalue weighted by Crippen LogP contribution is -2.16. The summed E-state index contributed by atoms with van der Waals surface area (Å²) in [6.45, 7) is 15.1. The van der Waals surface area contributed by atoms with Gasteiger partial charge in [0, 0.05) is 80.2 Å². The summed E-state index contributed by atoms with van der Waals surface area (Å²) in [6, 6.07) is 81.4. The number of fused-ring (bicyclic) bond motifs is 15. The lowest BCUT2D eigenvalue weighted by Gasteiger charge is -2.12. The molecule has 0 saturated heterocycles. The molecule has 8 aromatic heterocycles. The van der Waals surface area contributed by atoms with Gasteiger partial charge in [0.2, 0.25) is 0 Å². The number of halogens is 3. The molecule has 0 amide bonds. The van der Waals surface area contributed by atoms with Gasteiger partial charge in [-0.1, -0.05) is 245 Å². The Morgan fingerprint density at radius 3 is 1.04 bits per heavy atom. The van der Waals surface area contributed by atoms with Crippen LogP contribution in [0.25, 0.3) is 62.8 Å². The molecule has 23 rings (SSSR count). The monoisotopic (exact) mass is 1980 g/mol. The average Bonchev–Trinajstić information content (AvgIpc) is 1.63. The highest BCUT2D eigenvalue weighted by atomic mass is 79.9. The number of esters is 1. The zero-order valence-corrected chi connectivity index (χ0v) is 79.7. The molecule has 135 heavy (non-hydrogen) atoms. The predicted octanol–water partition coefficient (Wildman–Crippen LogP) is 22.6. The molecule has 0 saturated carbocycles. The molecular formula is C107H83Br3N18O6Si. The second kappa shape index (κ2) is 40.5. The molecule has 0 atom stereocenters. The summed E-state index contributed by atoms with van der Waals surface area (Å²) in [5, 5.41) is 0. The number of rotatable bonds is 11. The van der Waals surface area contributed by atoms with Crippen molar-refractivity contribution in [1.82, 2.24) is 62.7 Å². The number of hydrogen-bond acceptors (Lipinski definition) is 19. The number of benzene rings is 10. The molecule has 0 bridgehead atoms. The van der Waals surface area contributed by atoms with Crippen molar-refractivity contribution in [1.29, 1.82) is 0 Å². The van der Waals surface area contributed by atoms with E-state index in [0.29, 0.717) is 68.0 Å². The first kappa shape index (κ1) is 89.7. The molecule has 0 aliphatic carbocycles. The van der Waals surface area contributed by atoms with Gasteiger partial charge in [0.25, 0.3) is 0 Å². The van der Waals surface area contributed by atoms with Crippen molar-refractivity contribution in [3.8, 4) is 86.6 Å². The third-order valence-corrected chi connectivity index (χ3v) is 24.7. The minimum Gasteiger partial charge on any atom is -0.461 e. The number of imidazole rings is 5. The van der Waals surface area contributed by atoms with Crippen molar-refractivity contribution in [2.24, 2.45) is 25.0 Å². The van der Waals surface area contributed by atoms with E-state index in [0.717, 1.165) is 189 Å². The zero-order valence-electron chi connectivity index (χ0n) is 74.0. The first-order chi connectivity index (χ1) is 66.1. The molecule has 0 radical (unpaired) electrons. The van der Waals surface area contributed by atoms with Crippen molar-refractivity contribution in [3.05, 3.63) is 432 Å². The van der Waals surface area contributed by atoms with E-state index < -0.39 is 14.0 Å². The lowest BCUT2D eigenvalue weighted by molar-refractivity contribution is 0.0518. The van der Waals surface area contributed by atoms with E-state index in [4.69, 9.17) is 49.4 Å². The van der Waals surface area contributed by atoms with Gasteiger partial charge >= 0.3 is 5.97 Å². The number of aldehydes is 1. The minimum absolute atomic E-state index is 0.313. The Morgan fingerprint density at radius 2 is 0.704 bits per heavy atom. The van der Waals surface area contributed by atoms with E-state index >= 15 is 0 Å². The molecule has 0 fully saturated rings. The van der Waals surface area contributed by atoms with Gasteiger partial charge in [-0.3, -0.25) is 52.6 Å². The highest BCUT2D eigenvalue weighted by Crippen LogP contribution is 2.38. The number of hydrogen-bond donors (Lipinski definition) is 0. The highest BCUT2D eigenvalue weighted by Gasteiger charge is 2.31. The van der Waals surface area contributed by atoms with E-state index in [9.17, 15) is 9.59 Å². The first-order valence-corrected chi connectivity index (χ1v) is 49.3. The molecule has 662 valence electrons. The maximum absolute atomic E-state index is 12.3. The molecule has 18 aromatic rings. The van der Waals surface area contributed by atoms with Gasteiger partial charge in [0.05, 0.1) is 143 Å². The Bertz CT molecular complexity index is 7690. The SMILES string of the molecule is Brc1ccc2c(c1)C(c1ccccc1)=NCc1c(-c3cnco3)ncn1-2.C#Cc1ccc2c(c1)C(c1ccccc1)=NCc1c(-c3cnco3)ncn1-2.CC.CCOC(=O)c1ncn2c1CN=C(c1ccccc1)c1cc(Br)ccc1-2.C[Si](C)(C)C#Cc1ccc2c(c1)C(c1ccccc1)=NCc1c(-c3cnco3)ncn1-2.O=Cc1ncn2c1CN=C(c1ccccc1)c1cc(Br)ccc1-2. The van der Waals surface area contributed by atoms with Crippen LogP contribution in [0.1, 0.15) is 137 Å². The number of aliphatic imine (C=N–C) groups is 5. The normalized spacial score (nSPS) is 12.6. The van der Waals surface area contributed by atoms with E-state index in [1.165, 1.54) is 19.2 Å².